The van der Waals surface area contributed by atoms with E-state index in [9.17, 15) is 14.7 Å². The van der Waals surface area contributed by atoms with Gasteiger partial charge in [-0.1, -0.05) is 31.2 Å². The molecule has 0 bridgehead atoms. The topological polar surface area (TPSA) is 91.3 Å². The van der Waals surface area contributed by atoms with E-state index in [1.54, 1.807) is 6.08 Å². The van der Waals surface area contributed by atoms with Gasteiger partial charge in [0.05, 0.1) is 19.3 Å². The van der Waals surface area contributed by atoms with Crippen molar-refractivity contribution in [3.8, 4) is 11.8 Å². The Morgan fingerprint density at radius 1 is 1.20 bits per heavy atom. The van der Waals surface area contributed by atoms with Crippen molar-refractivity contribution in [1.82, 2.24) is 0 Å². The molecule has 1 aliphatic heterocycles. The minimum absolute atomic E-state index is 0.00882. The lowest BCUT2D eigenvalue weighted by Gasteiger charge is -2.29. The van der Waals surface area contributed by atoms with Gasteiger partial charge in [-0.25, -0.2) is 0 Å². The SMILES string of the molecule is CCC#CCC(O)/C=C/[C@@H]1[C@@H](C/C=C\CCCC(=O)OC)[C@@H](OC(C)=O)C[C@H]1OC1CCCCO1. The van der Waals surface area contributed by atoms with E-state index in [1.807, 2.05) is 13.0 Å². The molecule has 0 aromatic carbocycles. The van der Waals surface area contributed by atoms with Gasteiger partial charge in [0.1, 0.15) is 6.10 Å². The lowest BCUT2D eigenvalue weighted by molar-refractivity contribution is -0.193. The Morgan fingerprint density at radius 2 is 2.03 bits per heavy atom. The first-order valence-electron chi connectivity index (χ1n) is 12.9. The molecule has 0 spiro atoms. The van der Waals surface area contributed by atoms with E-state index < -0.39 is 6.10 Å². The lowest BCUT2D eigenvalue weighted by Crippen LogP contribution is -2.30. The van der Waals surface area contributed by atoms with Crippen molar-refractivity contribution in [1.29, 1.82) is 0 Å². The molecule has 7 heteroatoms. The number of unbranched alkanes of at least 4 members (excludes halogenated alkanes) is 1. The maximum absolute atomic E-state index is 11.8. The van der Waals surface area contributed by atoms with Gasteiger partial charge in [-0.05, 0) is 38.5 Å². The summed E-state index contributed by atoms with van der Waals surface area (Å²) < 4.78 is 22.6. The standard InChI is InChI=1S/C28H42O7/c1-4-5-8-13-22(30)17-18-24-23(14-9-6-7-10-15-27(31)32-3)25(34-21(2)29)20-26(24)35-28-16-11-12-19-33-28/h6,9,17-18,22-26,28,30H,4,7,10-16,19-20H2,1-3H3/b9-6-,18-17+/t22?,23-,24-,25+,26-,28?/m1/s1. The molecule has 1 N–H and O–H groups in total. The van der Waals surface area contributed by atoms with Crippen molar-refractivity contribution in [2.75, 3.05) is 13.7 Å². The van der Waals surface area contributed by atoms with Crippen LogP contribution in [0.3, 0.4) is 0 Å². The second kappa shape index (κ2) is 16.5. The number of rotatable bonds is 12. The van der Waals surface area contributed by atoms with E-state index in [4.69, 9.17) is 14.2 Å². The van der Waals surface area contributed by atoms with Crippen LogP contribution in [0.2, 0.25) is 0 Å². The van der Waals surface area contributed by atoms with Crippen LogP contribution in [0.5, 0.6) is 0 Å². The molecule has 0 aromatic heterocycles. The number of aliphatic hydroxyl groups excluding tert-OH is 1. The zero-order valence-electron chi connectivity index (χ0n) is 21.4. The summed E-state index contributed by atoms with van der Waals surface area (Å²) in [6.45, 7) is 4.10. The number of aliphatic hydroxyl groups is 1. The van der Waals surface area contributed by atoms with Crippen LogP contribution in [0.25, 0.3) is 0 Å². The molecule has 2 unspecified atom stereocenters. The first-order valence-corrected chi connectivity index (χ1v) is 12.9. The number of carbonyl (C=O) groups excluding carboxylic acids is 2. The quantitative estimate of drug-likeness (QED) is 0.187. The Hall–Kier alpha value is -2.14. The van der Waals surface area contributed by atoms with Crippen molar-refractivity contribution in [2.24, 2.45) is 11.8 Å². The largest absolute Gasteiger partial charge is 0.469 e. The van der Waals surface area contributed by atoms with Crippen LogP contribution in [0, 0.1) is 23.7 Å². The summed E-state index contributed by atoms with van der Waals surface area (Å²) in [5.41, 5.74) is 0. The van der Waals surface area contributed by atoms with Crippen molar-refractivity contribution >= 4 is 11.9 Å². The third kappa shape index (κ3) is 11.0. The zero-order valence-corrected chi connectivity index (χ0v) is 21.4. The van der Waals surface area contributed by atoms with Crippen LogP contribution in [0.4, 0.5) is 0 Å². The predicted octanol–water partition coefficient (Wildman–Crippen LogP) is 4.48. The summed E-state index contributed by atoms with van der Waals surface area (Å²) in [4.78, 5) is 23.1. The summed E-state index contributed by atoms with van der Waals surface area (Å²) in [6, 6.07) is 0. The van der Waals surface area contributed by atoms with Crippen LogP contribution in [-0.4, -0.2) is 55.4 Å². The van der Waals surface area contributed by atoms with Crippen LogP contribution in [-0.2, 0) is 28.5 Å². The van der Waals surface area contributed by atoms with E-state index in [1.165, 1.54) is 14.0 Å². The van der Waals surface area contributed by atoms with Crippen LogP contribution in [0.15, 0.2) is 24.3 Å². The summed E-state index contributed by atoms with van der Waals surface area (Å²) in [6.07, 6.45) is 13.8. The molecule has 2 aliphatic rings. The molecule has 1 saturated heterocycles. The Bertz CT molecular complexity index is 757. The Morgan fingerprint density at radius 3 is 2.71 bits per heavy atom. The summed E-state index contributed by atoms with van der Waals surface area (Å²) >= 11 is 0. The first-order chi connectivity index (χ1) is 16.9. The highest BCUT2D eigenvalue weighted by Crippen LogP contribution is 2.41. The molecule has 0 aromatic rings. The van der Waals surface area contributed by atoms with Crippen LogP contribution in [0.1, 0.15) is 78.1 Å². The maximum Gasteiger partial charge on any atom is 0.305 e. The van der Waals surface area contributed by atoms with Gasteiger partial charge in [-0.15, -0.1) is 11.8 Å². The average Bonchev–Trinajstić information content (AvgIpc) is 3.15. The molecular formula is C28H42O7. The van der Waals surface area contributed by atoms with Crippen molar-refractivity contribution in [2.45, 2.75) is 103 Å². The minimum atomic E-state index is -0.664. The monoisotopic (exact) mass is 490 g/mol. The third-order valence-corrected chi connectivity index (χ3v) is 6.37. The van der Waals surface area contributed by atoms with Gasteiger partial charge in [0.15, 0.2) is 6.29 Å². The van der Waals surface area contributed by atoms with Gasteiger partial charge in [-0.2, -0.15) is 0 Å². The first kappa shape index (κ1) is 29.1. The van der Waals surface area contributed by atoms with E-state index in [-0.39, 0.29) is 42.3 Å². The van der Waals surface area contributed by atoms with Gasteiger partial charge in [0.2, 0.25) is 0 Å². The highest BCUT2D eigenvalue weighted by Gasteiger charge is 2.45. The fraction of sp³-hybridized carbons (Fsp3) is 0.714. The van der Waals surface area contributed by atoms with Crippen LogP contribution < -0.4 is 0 Å². The molecule has 1 aliphatic carbocycles. The van der Waals surface area contributed by atoms with Gasteiger partial charge in [0, 0.05) is 51.0 Å². The van der Waals surface area contributed by atoms with Gasteiger partial charge in [0.25, 0.3) is 0 Å². The molecule has 0 amide bonds. The molecule has 1 saturated carbocycles. The van der Waals surface area contributed by atoms with Gasteiger partial charge in [-0.3, -0.25) is 9.59 Å². The van der Waals surface area contributed by atoms with E-state index in [2.05, 4.69) is 28.7 Å². The van der Waals surface area contributed by atoms with Crippen molar-refractivity contribution in [3.05, 3.63) is 24.3 Å². The number of ether oxygens (including phenoxy) is 4. The second-order valence-electron chi connectivity index (χ2n) is 9.13. The molecule has 196 valence electrons. The Kier molecular flexibility index (Phi) is 13.7. The summed E-state index contributed by atoms with van der Waals surface area (Å²) in [7, 11) is 1.39. The summed E-state index contributed by atoms with van der Waals surface area (Å²) in [5.74, 6) is 5.41. The fourth-order valence-electron chi connectivity index (χ4n) is 4.63. The Balaban J connectivity index is 2.12. The molecule has 2 fully saturated rings. The van der Waals surface area contributed by atoms with Crippen LogP contribution >= 0.6 is 0 Å². The average molecular weight is 491 g/mol. The Labute approximate surface area is 210 Å². The highest BCUT2D eigenvalue weighted by atomic mass is 16.7. The number of methoxy groups -OCH3 is 1. The summed E-state index contributed by atoms with van der Waals surface area (Å²) in [5, 5.41) is 10.4. The maximum atomic E-state index is 11.8. The van der Waals surface area contributed by atoms with Gasteiger partial charge >= 0.3 is 11.9 Å². The number of hydrogen-bond donors (Lipinski definition) is 1. The third-order valence-electron chi connectivity index (χ3n) is 6.37. The molecule has 35 heavy (non-hydrogen) atoms. The highest BCUT2D eigenvalue weighted by molar-refractivity contribution is 5.69. The van der Waals surface area contributed by atoms with Crippen molar-refractivity contribution in [3.63, 3.8) is 0 Å². The number of allylic oxidation sites excluding steroid dienone is 2. The minimum Gasteiger partial charge on any atom is -0.469 e. The smallest absolute Gasteiger partial charge is 0.305 e. The number of carbonyl (C=O) groups is 2. The normalized spacial score (nSPS) is 27.5. The van der Waals surface area contributed by atoms with E-state index in [0.717, 1.165) is 38.5 Å². The van der Waals surface area contributed by atoms with Gasteiger partial charge < -0.3 is 24.1 Å². The fourth-order valence-corrected chi connectivity index (χ4v) is 4.63. The zero-order chi connectivity index (χ0) is 25.5. The van der Waals surface area contributed by atoms with E-state index >= 15 is 0 Å². The second-order valence-corrected chi connectivity index (χ2v) is 9.13. The lowest BCUT2D eigenvalue weighted by atomic mass is 9.89. The van der Waals surface area contributed by atoms with E-state index in [0.29, 0.717) is 32.3 Å². The molecule has 1 heterocycles. The molecule has 7 nitrogen and oxygen atoms in total. The number of hydrogen-bond acceptors (Lipinski definition) is 7. The molecular weight excluding hydrogens is 448 g/mol. The van der Waals surface area contributed by atoms with Crippen molar-refractivity contribution < 1.29 is 33.6 Å². The predicted molar refractivity (Wildman–Crippen MR) is 133 cm³/mol. The number of esters is 2. The molecule has 0 radical (unpaired) electrons. The molecule has 2 rings (SSSR count). The molecule has 6 atom stereocenters.